The highest BCUT2D eigenvalue weighted by molar-refractivity contribution is 5.69. The standard InChI is InChI=1S/C15H22N2O3/c1-12(15(18)19)11-16-7-9-17(10-8-16)13-3-5-14(20-2)6-4-13/h3-6,12H,7-11H2,1-2H3,(H,18,19)/t12-/m0/s1. The van der Waals surface area contributed by atoms with E-state index in [1.54, 1.807) is 14.0 Å². The van der Waals surface area contributed by atoms with E-state index < -0.39 is 5.97 Å². The molecule has 0 saturated carbocycles. The van der Waals surface area contributed by atoms with Gasteiger partial charge in [-0.15, -0.1) is 0 Å². The predicted octanol–water partition coefficient (Wildman–Crippen LogP) is 1.54. The number of carbonyl (C=O) groups is 1. The smallest absolute Gasteiger partial charge is 0.307 e. The van der Waals surface area contributed by atoms with Gasteiger partial charge in [0, 0.05) is 38.4 Å². The zero-order chi connectivity index (χ0) is 14.5. The second-order valence-electron chi connectivity index (χ2n) is 5.22. The van der Waals surface area contributed by atoms with Crippen LogP contribution in [0.3, 0.4) is 0 Å². The largest absolute Gasteiger partial charge is 0.497 e. The van der Waals surface area contributed by atoms with Crippen molar-refractivity contribution >= 4 is 11.7 Å². The molecule has 1 aromatic carbocycles. The van der Waals surface area contributed by atoms with E-state index in [1.165, 1.54) is 5.69 Å². The summed E-state index contributed by atoms with van der Waals surface area (Å²) in [5, 5.41) is 8.94. The van der Waals surface area contributed by atoms with Gasteiger partial charge in [0.05, 0.1) is 13.0 Å². The maximum absolute atomic E-state index is 10.9. The molecular formula is C15H22N2O3. The molecule has 0 radical (unpaired) electrons. The van der Waals surface area contributed by atoms with E-state index in [0.29, 0.717) is 6.54 Å². The van der Waals surface area contributed by atoms with Gasteiger partial charge < -0.3 is 14.7 Å². The monoisotopic (exact) mass is 278 g/mol. The van der Waals surface area contributed by atoms with E-state index in [2.05, 4.69) is 21.9 Å². The molecule has 1 atom stereocenters. The Kier molecular flexibility index (Phi) is 4.84. The molecular weight excluding hydrogens is 256 g/mol. The number of benzene rings is 1. The van der Waals surface area contributed by atoms with Gasteiger partial charge in [-0.2, -0.15) is 0 Å². The molecule has 1 saturated heterocycles. The molecule has 1 fully saturated rings. The second kappa shape index (κ2) is 6.61. The quantitative estimate of drug-likeness (QED) is 0.885. The van der Waals surface area contributed by atoms with Crippen molar-refractivity contribution in [1.29, 1.82) is 0 Å². The van der Waals surface area contributed by atoms with E-state index in [1.807, 2.05) is 12.1 Å². The third-order valence-electron chi connectivity index (χ3n) is 3.76. The number of hydrogen-bond donors (Lipinski definition) is 1. The van der Waals surface area contributed by atoms with Crippen molar-refractivity contribution in [2.75, 3.05) is 44.7 Å². The summed E-state index contributed by atoms with van der Waals surface area (Å²) in [5.74, 6) is -0.159. The van der Waals surface area contributed by atoms with E-state index >= 15 is 0 Å². The van der Waals surface area contributed by atoms with Crippen molar-refractivity contribution < 1.29 is 14.6 Å². The van der Waals surface area contributed by atoms with Gasteiger partial charge in [-0.1, -0.05) is 6.92 Å². The van der Waals surface area contributed by atoms with Crippen molar-refractivity contribution in [3.8, 4) is 5.75 Å². The summed E-state index contributed by atoms with van der Waals surface area (Å²) in [5.41, 5.74) is 1.19. The topological polar surface area (TPSA) is 53.0 Å². The van der Waals surface area contributed by atoms with Gasteiger partial charge >= 0.3 is 5.97 Å². The molecule has 0 unspecified atom stereocenters. The fourth-order valence-electron chi connectivity index (χ4n) is 2.45. The fourth-order valence-corrected chi connectivity index (χ4v) is 2.45. The summed E-state index contributed by atoms with van der Waals surface area (Å²) in [4.78, 5) is 15.4. The maximum atomic E-state index is 10.9. The van der Waals surface area contributed by atoms with E-state index in [0.717, 1.165) is 31.9 Å². The lowest BCUT2D eigenvalue weighted by atomic mass is 10.1. The normalized spacial score (nSPS) is 17.8. The van der Waals surface area contributed by atoms with Crippen LogP contribution in [-0.4, -0.2) is 55.8 Å². The molecule has 0 spiro atoms. The van der Waals surface area contributed by atoms with Gasteiger partial charge in [-0.25, -0.2) is 0 Å². The van der Waals surface area contributed by atoms with Gasteiger partial charge in [0.25, 0.3) is 0 Å². The van der Waals surface area contributed by atoms with E-state index in [9.17, 15) is 4.79 Å². The molecule has 5 heteroatoms. The van der Waals surface area contributed by atoms with Crippen LogP contribution in [0.2, 0.25) is 0 Å². The molecule has 0 amide bonds. The number of hydrogen-bond acceptors (Lipinski definition) is 4. The Balaban J connectivity index is 1.85. The van der Waals surface area contributed by atoms with E-state index in [4.69, 9.17) is 9.84 Å². The molecule has 1 N–H and O–H groups in total. The maximum Gasteiger partial charge on any atom is 0.307 e. The van der Waals surface area contributed by atoms with Gasteiger partial charge in [0.2, 0.25) is 0 Å². The molecule has 1 aliphatic heterocycles. The van der Waals surface area contributed by atoms with E-state index in [-0.39, 0.29) is 5.92 Å². The van der Waals surface area contributed by atoms with Crippen molar-refractivity contribution in [3.63, 3.8) is 0 Å². The zero-order valence-corrected chi connectivity index (χ0v) is 12.1. The van der Waals surface area contributed by atoms with Crippen LogP contribution in [0.1, 0.15) is 6.92 Å². The number of ether oxygens (including phenoxy) is 1. The van der Waals surface area contributed by atoms with Crippen LogP contribution in [0, 0.1) is 5.92 Å². The molecule has 110 valence electrons. The summed E-state index contributed by atoms with van der Waals surface area (Å²) in [6.07, 6.45) is 0. The lowest BCUT2D eigenvalue weighted by Gasteiger charge is -2.36. The first-order valence-electron chi connectivity index (χ1n) is 6.94. The van der Waals surface area contributed by atoms with Crippen LogP contribution in [0.5, 0.6) is 5.75 Å². The summed E-state index contributed by atoms with van der Waals surface area (Å²) < 4.78 is 5.16. The fraction of sp³-hybridized carbons (Fsp3) is 0.533. The van der Waals surface area contributed by atoms with Crippen LogP contribution in [0.15, 0.2) is 24.3 Å². The van der Waals surface area contributed by atoms with Gasteiger partial charge in [-0.3, -0.25) is 9.69 Å². The van der Waals surface area contributed by atoms with Crippen LogP contribution >= 0.6 is 0 Å². The second-order valence-corrected chi connectivity index (χ2v) is 5.22. The highest BCUT2D eigenvalue weighted by Gasteiger charge is 2.21. The minimum Gasteiger partial charge on any atom is -0.497 e. The lowest BCUT2D eigenvalue weighted by molar-refractivity contribution is -0.141. The average Bonchev–Trinajstić information content (AvgIpc) is 2.48. The van der Waals surface area contributed by atoms with Crippen molar-refractivity contribution in [3.05, 3.63) is 24.3 Å². The van der Waals surface area contributed by atoms with Gasteiger partial charge in [0.15, 0.2) is 0 Å². The third kappa shape index (κ3) is 3.63. The first-order valence-corrected chi connectivity index (χ1v) is 6.94. The number of methoxy groups -OCH3 is 1. The van der Waals surface area contributed by atoms with Crippen LogP contribution in [-0.2, 0) is 4.79 Å². The van der Waals surface area contributed by atoms with Crippen LogP contribution < -0.4 is 9.64 Å². The number of carboxylic acids is 1. The number of rotatable bonds is 5. The molecule has 20 heavy (non-hydrogen) atoms. The first-order chi connectivity index (χ1) is 9.60. The number of carboxylic acid groups (broad SMARTS) is 1. The minimum absolute atomic E-state index is 0.303. The molecule has 1 heterocycles. The Bertz CT molecular complexity index is 439. The summed E-state index contributed by atoms with van der Waals surface area (Å²) in [6.45, 7) is 6.06. The first kappa shape index (κ1) is 14.7. The zero-order valence-electron chi connectivity index (χ0n) is 12.1. The highest BCUT2D eigenvalue weighted by atomic mass is 16.5. The van der Waals surface area contributed by atoms with Crippen molar-refractivity contribution in [1.82, 2.24) is 4.90 Å². The molecule has 0 aliphatic carbocycles. The summed E-state index contributed by atoms with van der Waals surface area (Å²) >= 11 is 0. The number of aliphatic carboxylic acids is 1. The lowest BCUT2D eigenvalue weighted by Crippen LogP contribution is -2.48. The Hall–Kier alpha value is -1.75. The minimum atomic E-state index is -0.720. The Labute approximate surface area is 119 Å². The molecule has 0 bridgehead atoms. The number of piperazine rings is 1. The highest BCUT2D eigenvalue weighted by Crippen LogP contribution is 2.20. The molecule has 5 nitrogen and oxygen atoms in total. The van der Waals surface area contributed by atoms with Crippen LogP contribution in [0.25, 0.3) is 0 Å². The molecule has 1 aliphatic rings. The summed E-state index contributed by atoms with van der Waals surface area (Å²) in [6, 6.07) is 8.06. The molecule has 2 rings (SSSR count). The third-order valence-corrected chi connectivity index (χ3v) is 3.76. The number of nitrogens with zero attached hydrogens (tertiary/aromatic N) is 2. The van der Waals surface area contributed by atoms with Crippen molar-refractivity contribution in [2.45, 2.75) is 6.92 Å². The number of anilines is 1. The van der Waals surface area contributed by atoms with Gasteiger partial charge in [-0.05, 0) is 24.3 Å². The average molecular weight is 278 g/mol. The molecule has 1 aromatic rings. The molecule has 0 aromatic heterocycles. The van der Waals surface area contributed by atoms with Crippen molar-refractivity contribution in [2.24, 2.45) is 5.92 Å². The Morgan fingerprint density at radius 2 is 1.85 bits per heavy atom. The Morgan fingerprint density at radius 1 is 1.25 bits per heavy atom. The van der Waals surface area contributed by atoms with Crippen LogP contribution in [0.4, 0.5) is 5.69 Å². The SMILES string of the molecule is COc1ccc(N2CCN(C[C@H](C)C(=O)O)CC2)cc1. The summed E-state index contributed by atoms with van der Waals surface area (Å²) in [7, 11) is 1.66. The Morgan fingerprint density at radius 3 is 2.35 bits per heavy atom. The predicted molar refractivity (Wildman–Crippen MR) is 78.4 cm³/mol. The van der Waals surface area contributed by atoms with Gasteiger partial charge in [0.1, 0.15) is 5.75 Å².